The number of hydrogen-bond acceptors (Lipinski definition) is 6. The summed E-state index contributed by atoms with van der Waals surface area (Å²) in [7, 11) is 0. The first-order chi connectivity index (χ1) is 14.3. The van der Waals surface area contributed by atoms with Gasteiger partial charge in [0.2, 0.25) is 0 Å². The molecule has 0 aliphatic heterocycles. The van der Waals surface area contributed by atoms with Crippen LogP contribution < -0.4 is 10.5 Å². The van der Waals surface area contributed by atoms with Crippen LogP contribution in [0.15, 0.2) is 47.6 Å². The highest BCUT2D eigenvalue weighted by atomic mass is 32.1. The summed E-state index contributed by atoms with van der Waals surface area (Å²) in [6, 6.07) is 12.2. The number of fused-ring (bicyclic) bond motifs is 4. The largest absolute Gasteiger partial charge is 0.573 e. The van der Waals surface area contributed by atoms with Crippen LogP contribution in [-0.2, 0) is 12.8 Å². The summed E-state index contributed by atoms with van der Waals surface area (Å²) in [5.41, 5.74) is 10.6. The topological polar surface area (TPSA) is 96.5 Å². The third-order valence-corrected chi connectivity index (χ3v) is 5.55. The van der Waals surface area contributed by atoms with Gasteiger partial charge in [0.1, 0.15) is 5.75 Å². The third kappa shape index (κ3) is 4.33. The van der Waals surface area contributed by atoms with Gasteiger partial charge >= 0.3 is 6.36 Å². The highest BCUT2D eigenvalue weighted by Crippen LogP contribution is 2.30. The van der Waals surface area contributed by atoms with Crippen LogP contribution >= 0.6 is 11.3 Å². The molecule has 10 heteroatoms. The first-order valence-electron chi connectivity index (χ1n) is 9.02. The van der Waals surface area contributed by atoms with Crippen LogP contribution in [0.4, 0.5) is 18.3 Å². The van der Waals surface area contributed by atoms with Crippen molar-refractivity contribution < 1.29 is 23.1 Å². The standard InChI is InChI=1S/C12H12N2O.C8H5F3N2OS/c15-14-8-5-6-12-10(7-8)9-3-1-2-4-11(9)13-12;9-8(10,11)14-4-1-2-5-6(3-4)15-7(12)13-5/h1-4,13,15H,5-7H2;1-3H,(H2,12,13)/b14-8+;. The maximum atomic E-state index is 11.9. The van der Waals surface area contributed by atoms with Gasteiger partial charge in [-0.2, -0.15) is 0 Å². The zero-order valence-corrected chi connectivity index (χ0v) is 16.3. The number of para-hydroxylation sites is 1. The summed E-state index contributed by atoms with van der Waals surface area (Å²) in [5, 5.41) is 13.7. The number of nitrogens with zero attached hydrogens (tertiary/aromatic N) is 2. The van der Waals surface area contributed by atoms with E-state index in [1.807, 2.05) is 12.1 Å². The quantitative estimate of drug-likeness (QED) is 0.281. The van der Waals surface area contributed by atoms with E-state index in [-0.39, 0.29) is 5.75 Å². The van der Waals surface area contributed by atoms with Gasteiger partial charge in [-0.15, -0.1) is 13.2 Å². The number of aromatic nitrogens is 2. The van der Waals surface area contributed by atoms with Crippen molar-refractivity contribution in [3.63, 3.8) is 0 Å². The van der Waals surface area contributed by atoms with E-state index in [2.05, 4.69) is 32.0 Å². The maximum Gasteiger partial charge on any atom is 0.573 e. The minimum Gasteiger partial charge on any atom is -0.411 e. The van der Waals surface area contributed by atoms with Crippen molar-refractivity contribution in [3.8, 4) is 5.75 Å². The molecule has 2 heterocycles. The smallest absolute Gasteiger partial charge is 0.411 e. The number of thiazole rings is 1. The van der Waals surface area contributed by atoms with E-state index >= 15 is 0 Å². The molecule has 0 bridgehead atoms. The average molecular weight is 434 g/mol. The number of halogens is 3. The molecular formula is C20H17F3N4O2S. The van der Waals surface area contributed by atoms with Crippen LogP contribution in [0.25, 0.3) is 21.1 Å². The number of oxime groups is 1. The van der Waals surface area contributed by atoms with Crippen LogP contribution in [0.5, 0.6) is 5.75 Å². The van der Waals surface area contributed by atoms with Crippen molar-refractivity contribution >= 4 is 43.3 Å². The lowest BCUT2D eigenvalue weighted by molar-refractivity contribution is -0.274. The number of benzene rings is 2. The second-order valence-corrected chi connectivity index (χ2v) is 7.76. The van der Waals surface area contributed by atoms with Gasteiger partial charge in [0.25, 0.3) is 0 Å². The van der Waals surface area contributed by atoms with Crippen molar-refractivity contribution in [2.24, 2.45) is 5.16 Å². The fraction of sp³-hybridized carbons (Fsp3) is 0.200. The molecule has 4 aromatic rings. The lowest BCUT2D eigenvalue weighted by atomic mass is 9.94. The predicted octanol–water partition coefficient (Wildman–Crippen LogP) is 5.26. The van der Waals surface area contributed by atoms with E-state index in [9.17, 15) is 13.2 Å². The van der Waals surface area contributed by atoms with Crippen LogP contribution in [0.2, 0.25) is 0 Å². The van der Waals surface area contributed by atoms with Crippen molar-refractivity contribution in [2.75, 3.05) is 5.73 Å². The molecular weight excluding hydrogens is 417 g/mol. The zero-order valence-electron chi connectivity index (χ0n) is 15.5. The first-order valence-corrected chi connectivity index (χ1v) is 9.84. The number of H-pyrrole nitrogens is 1. The minimum atomic E-state index is -4.68. The van der Waals surface area contributed by atoms with Crippen molar-refractivity contribution in [2.45, 2.75) is 25.6 Å². The Morgan fingerprint density at radius 1 is 1.17 bits per heavy atom. The molecule has 2 aromatic carbocycles. The molecule has 1 aliphatic rings. The Morgan fingerprint density at radius 2 is 1.97 bits per heavy atom. The number of hydrogen-bond donors (Lipinski definition) is 3. The van der Waals surface area contributed by atoms with Gasteiger partial charge < -0.3 is 20.7 Å². The van der Waals surface area contributed by atoms with E-state index in [0.717, 1.165) is 36.3 Å². The van der Waals surface area contributed by atoms with Gasteiger partial charge in [-0.05, 0) is 36.6 Å². The summed E-state index contributed by atoms with van der Waals surface area (Å²) < 4.78 is 40.0. The Bertz CT molecular complexity index is 1230. The Kier molecular flexibility index (Phi) is 5.25. The Balaban J connectivity index is 0.000000145. The maximum absolute atomic E-state index is 11.9. The van der Waals surface area contributed by atoms with Gasteiger partial charge in [-0.25, -0.2) is 4.98 Å². The first kappa shape index (κ1) is 20.0. The van der Waals surface area contributed by atoms with E-state index in [1.165, 1.54) is 40.4 Å². The molecule has 0 unspecified atom stereocenters. The zero-order chi connectivity index (χ0) is 21.3. The highest BCUT2D eigenvalue weighted by Gasteiger charge is 2.31. The van der Waals surface area contributed by atoms with E-state index < -0.39 is 6.36 Å². The number of rotatable bonds is 1. The number of aryl methyl sites for hydroxylation is 1. The molecule has 156 valence electrons. The number of nitrogens with two attached hydrogens (primary N) is 1. The predicted molar refractivity (Wildman–Crippen MR) is 110 cm³/mol. The van der Waals surface area contributed by atoms with Crippen LogP contribution in [0.1, 0.15) is 17.7 Å². The number of nitrogen functional groups attached to an aromatic ring is 1. The highest BCUT2D eigenvalue weighted by molar-refractivity contribution is 7.22. The van der Waals surface area contributed by atoms with Gasteiger partial charge in [0, 0.05) is 29.1 Å². The number of nitrogens with one attached hydrogen (secondary N) is 1. The van der Waals surface area contributed by atoms with E-state index in [0.29, 0.717) is 15.3 Å². The van der Waals surface area contributed by atoms with Gasteiger partial charge in [0.15, 0.2) is 5.13 Å². The van der Waals surface area contributed by atoms with Crippen LogP contribution in [0.3, 0.4) is 0 Å². The van der Waals surface area contributed by atoms with Gasteiger partial charge in [-0.3, -0.25) is 0 Å². The van der Waals surface area contributed by atoms with Crippen LogP contribution in [0, 0.1) is 0 Å². The van der Waals surface area contributed by atoms with Gasteiger partial charge in [0.05, 0.1) is 15.9 Å². The number of anilines is 1. The molecule has 0 amide bonds. The molecule has 0 spiro atoms. The third-order valence-electron chi connectivity index (χ3n) is 4.70. The number of ether oxygens (including phenoxy) is 1. The molecule has 6 nitrogen and oxygen atoms in total. The Hall–Kier alpha value is -3.27. The fourth-order valence-electron chi connectivity index (χ4n) is 3.44. The lowest BCUT2D eigenvalue weighted by Gasteiger charge is -2.12. The summed E-state index contributed by atoms with van der Waals surface area (Å²) in [6.07, 6.45) is -2.10. The average Bonchev–Trinajstić information content (AvgIpc) is 3.25. The monoisotopic (exact) mass is 434 g/mol. The molecule has 1 aliphatic carbocycles. The molecule has 0 saturated carbocycles. The van der Waals surface area contributed by atoms with E-state index in [4.69, 9.17) is 10.9 Å². The normalized spacial score (nSPS) is 15.1. The van der Waals surface area contributed by atoms with Crippen LogP contribution in [-0.4, -0.2) is 27.2 Å². The molecule has 0 atom stereocenters. The molecule has 2 aromatic heterocycles. The second-order valence-electron chi connectivity index (χ2n) is 6.70. The summed E-state index contributed by atoms with van der Waals surface area (Å²) in [4.78, 5) is 7.33. The molecule has 0 radical (unpaired) electrons. The lowest BCUT2D eigenvalue weighted by Crippen LogP contribution is -2.16. The number of aromatic amines is 1. The molecule has 30 heavy (non-hydrogen) atoms. The van der Waals surface area contributed by atoms with Crippen molar-refractivity contribution in [1.82, 2.24) is 9.97 Å². The fourth-order valence-corrected chi connectivity index (χ4v) is 4.20. The summed E-state index contributed by atoms with van der Waals surface area (Å²) >= 11 is 1.11. The summed E-state index contributed by atoms with van der Waals surface area (Å²) in [6.45, 7) is 0. The van der Waals surface area contributed by atoms with E-state index in [1.54, 1.807) is 0 Å². The van der Waals surface area contributed by atoms with Crippen molar-refractivity contribution in [1.29, 1.82) is 0 Å². The van der Waals surface area contributed by atoms with Crippen molar-refractivity contribution in [3.05, 3.63) is 53.7 Å². The molecule has 0 fully saturated rings. The SMILES string of the molecule is Nc1nc2ccc(OC(F)(F)F)cc2s1.O/N=C1\CCc2[nH]c3ccccc3c2C1. The Morgan fingerprint density at radius 3 is 2.73 bits per heavy atom. The molecule has 0 saturated heterocycles. The summed E-state index contributed by atoms with van der Waals surface area (Å²) in [5.74, 6) is -0.265. The molecule has 4 N–H and O–H groups in total. The Labute approximate surface area is 172 Å². The number of alkyl halides is 3. The van der Waals surface area contributed by atoms with Gasteiger partial charge in [-0.1, -0.05) is 34.7 Å². The molecule has 5 rings (SSSR count). The minimum absolute atomic E-state index is 0.265. The second kappa shape index (κ2) is 7.86.